The normalized spacial score (nSPS) is 11.9. The van der Waals surface area contributed by atoms with Crippen molar-refractivity contribution in [2.45, 2.75) is 39.5 Å². The molecule has 0 aromatic carbocycles. The van der Waals surface area contributed by atoms with E-state index >= 15 is 0 Å². The fourth-order valence-electron chi connectivity index (χ4n) is 1.41. The Balaban J connectivity index is 3.46. The molecule has 0 saturated carbocycles. The number of carboxylic acid groups (broad SMARTS) is 1. The number of amides is 2. The maximum atomic E-state index is 11.4. The Labute approximate surface area is 114 Å². The van der Waals surface area contributed by atoms with Gasteiger partial charge >= 0.3 is 12.0 Å². The van der Waals surface area contributed by atoms with Gasteiger partial charge in [-0.15, -0.1) is 0 Å². The summed E-state index contributed by atoms with van der Waals surface area (Å²) < 4.78 is 5.35. The molecule has 0 aromatic heterocycles. The Morgan fingerprint density at radius 1 is 1.16 bits per heavy atom. The van der Waals surface area contributed by atoms with Crippen LogP contribution in [0.3, 0.4) is 0 Å². The van der Waals surface area contributed by atoms with Gasteiger partial charge in [0.25, 0.3) is 0 Å². The summed E-state index contributed by atoms with van der Waals surface area (Å²) in [6, 6.07) is -0.326. The van der Waals surface area contributed by atoms with Gasteiger partial charge in [0.05, 0.1) is 5.92 Å². The lowest BCUT2D eigenvalue weighted by Crippen LogP contribution is -2.40. The topological polar surface area (TPSA) is 87.7 Å². The van der Waals surface area contributed by atoms with E-state index in [0.717, 1.165) is 25.9 Å². The van der Waals surface area contributed by atoms with Crippen LogP contribution in [-0.2, 0) is 9.53 Å². The highest BCUT2D eigenvalue weighted by atomic mass is 16.5. The number of rotatable bonds is 11. The lowest BCUT2D eigenvalue weighted by atomic mass is 10.1. The summed E-state index contributed by atoms with van der Waals surface area (Å²) in [7, 11) is 0. The average Bonchev–Trinajstić information content (AvgIpc) is 2.38. The summed E-state index contributed by atoms with van der Waals surface area (Å²) in [4.78, 5) is 22.1. The summed E-state index contributed by atoms with van der Waals surface area (Å²) in [5.41, 5.74) is 0. The quantitative estimate of drug-likeness (QED) is 0.499. The molecule has 0 radical (unpaired) electrons. The Bertz CT molecular complexity index is 259. The first-order valence-corrected chi connectivity index (χ1v) is 6.94. The van der Waals surface area contributed by atoms with Gasteiger partial charge in [0.1, 0.15) is 0 Å². The van der Waals surface area contributed by atoms with Gasteiger partial charge < -0.3 is 20.5 Å². The Morgan fingerprint density at radius 2 is 1.84 bits per heavy atom. The average molecular weight is 274 g/mol. The largest absolute Gasteiger partial charge is 0.481 e. The van der Waals surface area contributed by atoms with Gasteiger partial charge in [0.15, 0.2) is 0 Å². The van der Waals surface area contributed by atoms with Crippen molar-refractivity contribution in [2.75, 3.05) is 26.3 Å². The van der Waals surface area contributed by atoms with E-state index in [-0.39, 0.29) is 12.6 Å². The number of carboxylic acids is 1. The van der Waals surface area contributed by atoms with E-state index < -0.39 is 11.9 Å². The van der Waals surface area contributed by atoms with Crippen LogP contribution in [0.4, 0.5) is 4.79 Å². The maximum Gasteiger partial charge on any atom is 0.314 e. The number of aliphatic carboxylic acids is 1. The first-order chi connectivity index (χ1) is 9.11. The Kier molecular flexibility index (Phi) is 11.0. The third kappa shape index (κ3) is 10.3. The van der Waals surface area contributed by atoms with Gasteiger partial charge in [-0.25, -0.2) is 4.79 Å². The van der Waals surface area contributed by atoms with Crippen LogP contribution in [0, 0.1) is 5.92 Å². The van der Waals surface area contributed by atoms with Crippen LogP contribution in [0.1, 0.15) is 39.5 Å². The van der Waals surface area contributed by atoms with Gasteiger partial charge in [-0.05, 0) is 19.3 Å². The van der Waals surface area contributed by atoms with E-state index in [0.29, 0.717) is 19.6 Å². The molecule has 0 aromatic rings. The molecule has 0 heterocycles. The first-order valence-electron chi connectivity index (χ1n) is 6.94. The van der Waals surface area contributed by atoms with E-state index in [1.807, 2.05) is 0 Å². The number of unbranched alkanes of at least 4 members (excludes halogenated alkanes) is 1. The molecule has 0 rings (SSSR count). The number of carbonyl (C=O) groups is 2. The van der Waals surface area contributed by atoms with Crippen LogP contribution in [0.25, 0.3) is 0 Å². The smallest absolute Gasteiger partial charge is 0.314 e. The van der Waals surface area contributed by atoms with Crippen LogP contribution in [-0.4, -0.2) is 43.4 Å². The third-order valence-corrected chi connectivity index (χ3v) is 2.74. The molecule has 112 valence electrons. The minimum absolute atomic E-state index is 0.157. The van der Waals surface area contributed by atoms with Crippen LogP contribution in [0.15, 0.2) is 0 Å². The second kappa shape index (κ2) is 11.8. The van der Waals surface area contributed by atoms with E-state index in [4.69, 9.17) is 9.84 Å². The number of urea groups is 1. The first kappa shape index (κ1) is 17.7. The molecule has 6 heteroatoms. The second-order valence-electron chi connectivity index (χ2n) is 4.40. The number of carbonyl (C=O) groups excluding carboxylic acids is 1. The number of hydrogen-bond acceptors (Lipinski definition) is 3. The van der Waals surface area contributed by atoms with Crippen LogP contribution < -0.4 is 10.6 Å². The highest BCUT2D eigenvalue weighted by molar-refractivity contribution is 5.75. The molecule has 6 nitrogen and oxygen atoms in total. The summed E-state index contributed by atoms with van der Waals surface area (Å²) >= 11 is 0. The SMILES string of the molecule is CCCCOCCCNC(=O)NCC(CC)C(=O)O. The molecule has 1 atom stereocenters. The summed E-state index contributed by atoms with van der Waals surface area (Å²) in [6.07, 6.45) is 3.43. The molecular weight excluding hydrogens is 248 g/mol. The van der Waals surface area contributed by atoms with Crippen LogP contribution in [0.2, 0.25) is 0 Å². The van der Waals surface area contributed by atoms with Crippen LogP contribution >= 0.6 is 0 Å². The highest BCUT2D eigenvalue weighted by Crippen LogP contribution is 1.99. The number of ether oxygens (including phenoxy) is 1. The minimum atomic E-state index is -0.882. The zero-order valence-electron chi connectivity index (χ0n) is 11.9. The van der Waals surface area contributed by atoms with E-state index in [1.165, 1.54) is 0 Å². The van der Waals surface area contributed by atoms with E-state index in [9.17, 15) is 9.59 Å². The molecule has 0 bridgehead atoms. The molecule has 0 fully saturated rings. The lowest BCUT2D eigenvalue weighted by molar-refractivity contribution is -0.141. The number of hydrogen-bond donors (Lipinski definition) is 3. The zero-order chi connectivity index (χ0) is 14.5. The molecule has 1 unspecified atom stereocenters. The van der Waals surface area contributed by atoms with Crippen molar-refractivity contribution in [3.05, 3.63) is 0 Å². The van der Waals surface area contributed by atoms with Crippen molar-refractivity contribution in [1.29, 1.82) is 0 Å². The van der Waals surface area contributed by atoms with Crippen molar-refractivity contribution in [1.82, 2.24) is 10.6 Å². The number of nitrogens with one attached hydrogen (secondary N) is 2. The monoisotopic (exact) mass is 274 g/mol. The molecule has 0 aliphatic heterocycles. The molecule has 19 heavy (non-hydrogen) atoms. The third-order valence-electron chi connectivity index (χ3n) is 2.74. The summed E-state index contributed by atoms with van der Waals surface area (Å²) in [6.45, 7) is 5.97. The van der Waals surface area contributed by atoms with Crippen molar-refractivity contribution < 1.29 is 19.4 Å². The molecule has 3 N–H and O–H groups in total. The molecular formula is C13H26N2O4. The zero-order valence-corrected chi connectivity index (χ0v) is 11.9. The molecule has 2 amide bonds. The molecule has 0 aliphatic rings. The standard InChI is InChI=1S/C13H26N2O4/c1-3-5-8-19-9-6-7-14-13(18)15-10-11(4-2)12(16)17/h11H,3-10H2,1-2H3,(H,16,17)(H2,14,15,18). The Morgan fingerprint density at radius 3 is 2.42 bits per heavy atom. The predicted octanol–water partition coefficient (Wildman–Crippen LogP) is 1.60. The molecule has 0 spiro atoms. The van der Waals surface area contributed by atoms with Crippen molar-refractivity contribution in [3.63, 3.8) is 0 Å². The van der Waals surface area contributed by atoms with Gasteiger partial charge in [0, 0.05) is 26.3 Å². The van der Waals surface area contributed by atoms with Crippen molar-refractivity contribution in [3.8, 4) is 0 Å². The molecule has 0 aliphatic carbocycles. The highest BCUT2D eigenvalue weighted by Gasteiger charge is 2.15. The lowest BCUT2D eigenvalue weighted by Gasteiger charge is -2.12. The van der Waals surface area contributed by atoms with Crippen molar-refractivity contribution >= 4 is 12.0 Å². The minimum Gasteiger partial charge on any atom is -0.481 e. The fraction of sp³-hybridized carbons (Fsp3) is 0.846. The summed E-state index contributed by atoms with van der Waals surface area (Å²) in [5.74, 6) is -1.41. The Hall–Kier alpha value is -1.30. The van der Waals surface area contributed by atoms with Crippen molar-refractivity contribution in [2.24, 2.45) is 5.92 Å². The maximum absolute atomic E-state index is 11.4. The van der Waals surface area contributed by atoms with Gasteiger partial charge in [0.2, 0.25) is 0 Å². The fourth-order valence-corrected chi connectivity index (χ4v) is 1.41. The predicted molar refractivity (Wildman–Crippen MR) is 73.2 cm³/mol. The van der Waals surface area contributed by atoms with E-state index in [2.05, 4.69) is 17.6 Å². The van der Waals surface area contributed by atoms with Gasteiger partial charge in [-0.1, -0.05) is 20.3 Å². The summed E-state index contributed by atoms with van der Waals surface area (Å²) in [5, 5.41) is 14.0. The second-order valence-corrected chi connectivity index (χ2v) is 4.40. The van der Waals surface area contributed by atoms with Crippen LogP contribution in [0.5, 0.6) is 0 Å². The van der Waals surface area contributed by atoms with E-state index in [1.54, 1.807) is 6.92 Å². The molecule has 0 saturated heterocycles. The van der Waals surface area contributed by atoms with Gasteiger partial charge in [-0.3, -0.25) is 4.79 Å². The van der Waals surface area contributed by atoms with Gasteiger partial charge in [-0.2, -0.15) is 0 Å².